The Morgan fingerprint density at radius 3 is 2.53 bits per heavy atom. The molecule has 1 fully saturated rings. The first-order valence-corrected chi connectivity index (χ1v) is 12.9. The van der Waals surface area contributed by atoms with Gasteiger partial charge in [0.1, 0.15) is 5.69 Å². The van der Waals surface area contributed by atoms with Crippen LogP contribution in [-0.4, -0.2) is 47.6 Å². The zero-order chi connectivity index (χ0) is 24.3. The quantitative estimate of drug-likeness (QED) is 0.314. The van der Waals surface area contributed by atoms with E-state index >= 15 is 0 Å². The highest BCUT2D eigenvalue weighted by molar-refractivity contribution is 9.10. The number of halogens is 1. The maximum atomic E-state index is 4.96. The molecule has 0 radical (unpaired) electrons. The molecule has 36 heavy (non-hydrogen) atoms. The lowest BCUT2D eigenvalue weighted by molar-refractivity contribution is 0.568. The van der Waals surface area contributed by atoms with Gasteiger partial charge in [0, 0.05) is 24.1 Å². The summed E-state index contributed by atoms with van der Waals surface area (Å²) in [5.74, 6) is 1.50. The first-order chi connectivity index (χ1) is 17.7. The number of hydrogen-bond donors (Lipinski definition) is 1. The standard InChI is InChI=1S/C26H26BrN9/c27-20-9-11-22(12-10-20)36-17-21(32-33-36)16-35-18-29-23-24(28-15-19-7-3-1-4-8-19)30-26(31-25(23)35)34-13-5-2-6-14-34/h1,3-4,7-12,17-18H,2,5-6,13-16H2,(H,28,30,31). The normalized spacial score (nSPS) is 13.9. The van der Waals surface area contributed by atoms with Gasteiger partial charge in [0.25, 0.3) is 0 Å². The Labute approximate surface area is 217 Å². The molecule has 0 amide bonds. The molecule has 9 nitrogen and oxygen atoms in total. The predicted molar refractivity (Wildman–Crippen MR) is 143 cm³/mol. The molecule has 0 unspecified atom stereocenters. The van der Waals surface area contributed by atoms with Gasteiger partial charge >= 0.3 is 0 Å². The van der Waals surface area contributed by atoms with Crippen molar-refractivity contribution in [2.24, 2.45) is 0 Å². The van der Waals surface area contributed by atoms with Crippen molar-refractivity contribution < 1.29 is 0 Å². The molecular formula is C26H26BrN9. The van der Waals surface area contributed by atoms with E-state index in [1.165, 1.54) is 12.0 Å². The van der Waals surface area contributed by atoms with Crippen LogP contribution in [0.15, 0.2) is 71.6 Å². The van der Waals surface area contributed by atoms with Crippen LogP contribution in [0.3, 0.4) is 0 Å². The monoisotopic (exact) mass is 543 g/mol. The highest BCUT2D eigenvalue weighted by Gasteiger charge is 2.19. The van der Waals surface area contributed by atoms with E-state index in [1.54, 1.807) is 4.68 Å². The zero-order valence-corrected chi connectivity index (χ0v) is 21.3. The van der Waals surface area contributed by atoms with Crippen molar-refractivity contribution >= 4 is 38.9 Å². The third-order valence-electron chi connectivity index (χ3n) is 6.36. The summed E-state index contributed by atoms with van der Waals surface area (Å²) in [4.78, 5) is 16.8. The molecule has 0 saturated carbocycles. The Morgan fingerprint density at radius 1 is 0.917 bits per heavy atom. The lowest BCUT2D eigenvalue weighted by Crippen LogP contribution is -2.31. The second-order valence-corrected chi connectivity index (χ2v) is 9.85. The summed E-state index contributed by atoms with van der Waals surface area (Å²) < 4.78 is 4.83. The van der Waals surface area contributed by atoms with Crippen molar-refractivity contribution in [1.82, 2.24) is 34.5 Å². The molecule has 1 saturated heterocycles. The number of fused-ring (bicyclic) bond motifs is 1. The van der Waals surface area contributed by atoms with Crippen LogP contribution in [0, 0.1) is 0 Å². The van der Waals surface area contributed by atoms with Crippen LogP contribution in [0.25, 0.3) is 16.9 Å². The van der Waals surface area contributed by atoms with Crippen LogP contribution >= 0.6 is 15.9 Å². The summed E-state index contributed by atoms with van der Waals surface area (Å²) in [6.07, 6.45) is 7.32. The Kier molecular flexibility index (Phi) is 6.33. The lowest BCUT2D eigenvalue weighted by Gasteiger charge is -2.27. The van der Waals surface area contributed by atoms with E-state index in [9.17, 15) is 0 Å². The van der Waals surface area contributed by atoms with Crippen molar-refractivity contribution in [2.75, 3.05) is 23.3 Å². The third-order valence-corrected chi connectivity index (χ3v) is 6.89. The SMILES string of the molecule is Brc1ccc(-n2cc(Cn3cnc4c(NCc5ccccc5)nc(N5CCCCC5)nc43)nn2)cc1. The number of hydrogen-bond acceptors (Lipinski definition) is 7. The fourth-order valence-corrected chi connectivity index (χ4v) is 4.72. The second-order valence-electron chi connectivity index (χ2n) is 8.93. The summed E-state index contributed by atoms with van der Waals surface area (Å²) >= 11 is 3.47. The molecule has 5 aromatic rings. The Balaban J connectivity index is 1.32. The number of rotatable bonds is 7. The number of aromatic nitrogens is 7. The van der Waals surface area contributed by atoms with E-state index in [2.05, 4.69) is 53.6 Å². The van der Waals surface area contributed by atoms with Gasteiger partial charge in [-0.25, -0.2) is 9.67 Å². The topological polar surface area (TPSA) is 89.6 Å². The first-order valence-electron chi connectivity index (χ1n) is 12.2. The number of imidazole rings is 1. The summed E-state index contributed by atoms with van der Waals surface area (Å²) in [6, 6.07) is 18.3. The summed E-state index contributed by atoms with van der Waals surface area (Å²) in [5.41, 5.74) is 4.52. The van der Waals surface area contributed by atoms with Gasteiger partial charge in [-0.05, 0) is 49.1 Å². The number of nitrogens with one attached hydrogen (secondary N) is 1. The van der Waals surface area contributed by atoms with E-state index in [0.717, 1.165) is 64.7 Å². The average Bonchev–Trinajstić information content (AvgIpc) is 3.56. The minimum absolute atomic E-state index is 0.515. The smallest absolute Gasteiger partial charge is 0.229 e. The first kappa shape index (κ1) is 22.7. The summed E-state index contributed by atoms with van der Waals surface area (Å²) in [5, 5.41) is 12.2. The van der Waals surface area contributed by atoms with Gasteiger partial charge in [-0.3, -0.25) is 0 Å². The molecule has 1 aliphatic rings. The molecule has 0 bridgehead atoms. The number of nitrogens with zero attached hydrogens (tertiary/aromatic N) is 8. The van der Waals surface area contributed by atoms with Crippen LogP contribution in [0.1, 0.15) is 30.5 Å². The van der Waals surface area contributed by atoms with Gasteiger partial charge in [0.2, 0.25) is 5.95 Å². The summed E-state index contributed by atoms with van der Waals surface area (Å²) in [7, 11) is 0. The minimum atomic E-state index is 0.515. The Morgan fingerprint density at radius 2 is 1.72 bits per heavy atom. The van der Waals surface area contributed by atoms with Crippen LogP contribution in [0.5, 0.6) is 0 Å². The molecule has 182 valence electrons. The predicted octanol–water partition coefficient (Wildman–Crippen LogP) is 4.82. The third kappa shape index (κ3) is 4.81. The van der Waals surface area contributed by atoms with Gasteiger partial charge < -0.3 is 14.8 Å². The molecule has 3 aromatic heterocycles. The van der Waals surface area contributed by atoms with Crippen LogP contribution in [0.2, 0.25) is 0 Å². The van der Waals surface area contributed by atoms with E-state index in [0.29, 0.717) is 13.1 Å². The zero-order valence-electron chi connectivity index (χ0n) is 19.8. The van der Waals surface area contributed by atoms with Crippen molar-refractivity contribution in [3.63, 3.8) is 0 Å². The maximum Gasteiger partial charge on any atom is 0.229 e. The van der Waals surface area contributed by atoms with Gasteiger partial charge in [0.15, 0.2) is 17.0 Å². The molecule has 1 N–H and O–H groups in total. The number of piperidine rings is 1. The van der Waals surface area contributed by atoms with Crippen molar-refractivity contribution in [2.45, 2.75) is 32.4 Å². The molecule has 0 spiro atoms. The second kappa shape index (κ2) is 10.1. The lowest BCUT2D eigenvalue weighted by atomic mass is 10.1. The fraction of sp³-hybridized carbons (Fsp3) is 0.269. The van der Waals surface area contributed by atoms with Crippen LogP contribution in [-0.2, 0) is 13.1 Å². The minimum Gasteiger partial charge on any atom is -0.364 e. The van der Waals surface area contributed by atoms with Gasteiger partial charge in [-0.15, -0.1) is 5.10 Å². The largest absolute Gasteiger partial charge is 0.364 e. The van der Waals surface area contributed by atoms with E-state index in [4.69, 9.17) is 9.97 Å². The molecule has 2 aromatic carbocycles. The van der Waals surface area contributed by atoms with E-state index in [1.807, 2.05) is 59.6 Å². The van der Waals surface area contributed by atoms with Gasteiger partial charge in [0.05, 0.1) is 24.8 Å². The molecule has 6 rings (SSSR count). The number of benzene rings is 2. The van der Waals surface area contributed by atoms with Crippen LogP contribution < -0.4 is 10.2 Å². The van der Waals surface area contributed by atoms with E-state index in [-0.39, 0.29) is 0 Å². The molecule has 0 aliphatic carbocycles. The maximum absolute atomic E-state index is 4.96. The summed E-state index contributed by atoms with van der Waals surface area (Å²) in [6.45, 7) is 3.13. The van der Waals surface area contributed by atoms with Gasteiger partial charge in [-0.2, -0.15) is 9.97 Å². The molecule has 1 aliphatic heterocycles. The molecule has 4 heterocycles. The Hall–Kier alpha value is -3.79. The highest BCUT2D eigenvalue weighted by atomic mass is 79.9. The Bertz CT molecular complexity index is 1450. The van der Waals surface area contributed by atoms with E-state index < -0.39 is 0 Å². The molecule has 0 atom stereocenters. The van der Waals surface area contributed by atoms with Gasteiger partial charge in [-0.1, -0.05) is 51.5 Å². The average molecular weight is 544 g/mol. The highest BCUT2D eigenvalue weighted by Crippen LogP contribution is 2.25. The molecule has 10 heteroatoms. The van der Waals surface area contributed by atoms with Crippen molar-refractivity contribution in [3.05, 3.63) is 82.9 Å². The fourth-order valence-electron chi connectivity index (χ4n) is 4.45. The molecular weight excluding hydrogens is 518 g/mol. The van der Waals surface area contributed by atoms with Crippen molar-refractivity contribution in [1.29, 1.82) is 0 Å². The van der Waals surface area contributed by atoms with Crippen molar-refractivity contribution in [3.8, 4) is 5.69 Å². The number of anilines is 2. The van der Waals surface area contributed by atoms with Crippen LogP contribution in [0.4, 0.5) is 11.8 Å².